The highest BCUT2D eigenvalue weighted by molar-refractivity contribution is 7.00. The van der Waals surface area contributed by atoms with Crippen molar-refractivity contribution < 1.29 is 0 Å². The summed E-state index contributed by atoms with van der Waals surface area (Å²) in [6.07, 6.45) is 3.77. The molecule has 7 aromatic rings. The summed E-state index contributed by atoms with van der Waals surface area (Å²) in [5, 5.41) is 0. The van der Waals surface area contributed by atoms with Crippen LogP contribution in [0, 0.1) is 6.92 Å². The first-order chi connectivity index (χ1) is 26.0. The molecule has 5 aromatic carbocycles. The van der Waals surface area contributed by atoms with Gasteiger partial charge in [0.05, 0.1) is 22.8 Å². The number of fused-ring (bicyclic) bond motifs is 4. The zero-order valence-electron chi connectivity index (χ0n) is 32.2. The lowest BCUT2D eigenvalue weighted by molar-refractivity contribution is 0.590. The molecule has 5 heteroatoms. The van der Waals surface area contributed by atoms with E-state index in [1.165, 1.54) is 55.8 Å². The van der Waals surface area contributed by atoms with Gasteiger partial charge in [-0.2, -0.15) is 0 Å². The smallest absolute Gasteiger partial charge is 0.252 e. The minimum absolute atomic E-state index is 0.0279. The van der Waals surface area contributed by atoms with E-state index in [9.17, 15) is 0 Å². The van der Waals surface area contributed by atoms with Crippen LogP contribution in [0.3, 0.4) is 0 Å². The Labute approximate surface area is 320 Å². The Morgan fingerprint density at radius 3 is 1.28 bits per heavy atom. The van der Waals surface area contributed by atoms with E-state index in [0.29, 0.717) is 0 Å². The van der Waals surface area contributed by atoms with E-state index in [1.54, 1.807) is 0 Å². The molecule has 9 rings (SSSR count). The minimum Gasteiger partial charge on any atom is -0.311 e. The molecule has 2 aromatic heterocycles. The lowest BCUT2D eigenvalue weighted by Gasteiger charge is -2.45. The number of hydrogen-bond acceptors (Lipinski definition) is 4. The maximum Gasteiger partial charge on any atom is 0.252 e. The van der Waals surface area contributed by atoms with Crippen molar-refractivity contribution in [1.82, 2.24) is 9.97 Å². The van der Waals surface area contributed by atoms with Crippen LogP contribution < -0.4 is 26.2 Å². The molecule has 0 spiro atoms. The van der Waals surface area contributed by atoms with Crippen molar-refractivity contribution in [1.29, 1.82) is 0 Å². The van der Waals surface area contributed by atoms with E-state index < -0.39 is 0 Å². The first-order valence-electron chi connectivity index (χ1n) is 19.0. The lowest BCUT2D eigenvalue weighted by Crippen LogP contribution is -2.61. The predicted octanol–water partition coefficient (Wildman–Crippen LogP) is 10.8. The fourth-order valence-corrected chi connectivity index (χ4v) is 8.39. The van der Waals surface area contributed by atoms with Crippen LogP contribution >= 0.6 is 0 Å². The standard InChI is InChI=1S/C49H45BN4/c1-32-28-45-47-46(29-32)54(42-21-11-9-17-36(42)40-19-13-15-27-52-40)44-31-34(49(5,6)7)23-25-38(44)50(47)37-24-22-33(48(2,3)4)30-43(37)53(45)41-20-10-8-16-35(41)39-18-12-14-26-51-39/h8-31H,1-7H3. The van der Waals surface area contributed by atoms with E-state index in [1.807, 2.05) is 24.5 Å². The molecular weight excluding hydrogens is 655 g/mol. The van der Waals surface area contributed by atoms with Gasteiger partial charge >= 0.3 is 0 Å². The molecule has 0 fully saturated rings. The van der Waals surface area contributed by atoms with Gasteiger partial charge in [-0.05, 0) is 111 Å². The zero-order valence-corrected chi connectivity index (χ0v) is 32.2. The average molecular weight is 701 g/mol. The summed E-state index contributed by atoms with van der Waals surface area (Å²) in [7, 11) is 0. The first-order valence-corrected chi connectivity index (χ1v) is 19.0. The molecule has 0 saturated carbocycles. The van der Waals surface area contributed by atoms with Crippen molar-refractivity contribution in [2.45, 2.75) is 59.3 Å². The van der Waals surface area contributed by atoms with E-state index in [0.717, 1.165) is 33.9 Å². The third-order valence-corrected chi connectivity index (χ3v) is 11.1. The van der Waals surface area contributed by atoms with Crippen LogP contribution in [-0.2, 0) is 10.8 Å². The summed E-state index contributed by atoms with van der Waals surface area (Å²) < 4.78 is 0. The highest BCUT2D eigenvalue weighted by atomic mass is 15.2. The van der Waals surface area contributed by atoms with Gasteiger partial charge in [-0.15, -0.1) is 0 Å². The van der Waals surface area contributed by atoms with Crippen LogP contribution in [0.1, 0.15) is 58.2 Å². The number of hydrogen-bond donors (Lipinski definition) is 0. The molecule has 0 bridgehead atoms. The quantitative estimate of drug-likeness (QED) is 0.171. The van der Waals surface area contributed by atoms with Crippen molar-refractivity contribution in [2.75, 3.05) is 9.80 Å². The Hall–Kier alpha value is -5.94. The maximum absolute atomic E-state index is 4.86. The number of anilines is 6. The van der Waals surface area contributed by atoms with E-state index >= 15 is 0 Å². The second-order valence-electron chi connectivity index (χ2n) is 16.8. The van der Waals surface area contributed by atoms with Crippen molar-refractivity contribution in [3.63, 3.8) is 0 Å². The number of para-hydroxylation sites is 2. The van der Waals surface area contributed by atoms with Crippen LogP contribution in [0.4, 0.5) is 34.1 Å². The summed E-state index contributed by atoms with van der Waals surface area (Å²) in [5.41, 5.74) is 18.8. The third kappa shape index (κ3) is 5.53. The zero-order chi connectivity index (χ0) is 37.4. The van der Waals surface area contributed by atoms with Crippen LogP contribution in [0.2, 0.25) is 0 Å². The minimum atomic E-state index is -0.0304. The number of aryl methyl sites for hydroxylation is 1. The largest absolute Gasteiger partial charge is 0.311 e. The Bertz CT molecular complexity index is 2370. The van der Waals surface area contributed by atoms with Crippen LogP contribution in [0.5, 0.6) is 0 Å². The normalized spacial score (nSPS) is 13.4. The van der Waals surface area contributed by atoms with Crippen LogP contribution in [0.15, 0.2) is 146 Å². The molecule has 0 saturated heterocycles. The Balaban J connectivity index is 1.40. The van der Waals surface area contributed by atoms with Gasteiger partial charge in [0.25, 0.3) is 6.71 Å². The molecule has 2 aliphatic heterocycles. The molecule has 4 heterocycles. The number of pyridine rings is 2. The van der Waals surface area contributed by atoms with Crippen molar-refractivity contribution in [3.05, 3.63) is 163 Å². The Morgan fingerprint density at radius 1 is 0.444 bits per heavy atom. The summed E-state index contributed by atoms with van der Waals surface area (Å²) in [6.45, 7) is 16.1. The number of nitrogens with zero attached hydrogens (tertiary/aromatic N) is 4. The molecule has 0 N–H and O–H groups in total. The molecule has 0 atom stereocenters. The molecule has 264 valence electrons. The molecule has 0 radical (unpaired) electrons. The van der Waals surface area contributed by atoms with Gasteiger partial charge in [0.2, 0.25) is 0 Å². The lowest BCUT2D eigenvalue weighted by atomic mass is 9.33. The van der Waals surface area contributed by atoms with E-state index in [2.05, 4.69) is 180 Å². The molecule has 4 nitrogen and oxygen atoms in total. The summed E-state index contributed by atoms with van der Waals surface area (Å²) in [4.78, 5) is 14.8. The third-order valence-electron chi connectivity index (χ3n) is 11.1. The van der Waals surface area contributed by atoms with Gasteiger partial charge < -0.3 is 9.80 Å². The molecule has 0 aliphatic carbocycles. The maximum atomic E-state index is 4.86. The van der Waals surface area contributed by atoms with Crippen molar-refractivity contribution in [2.24, 2.45) is 0 Å². The number of aromatic nitrogens is 2. The predicted molar refractivity (Wildman–Crippen MR) is 229 cm³/mol. The first kappa shape index (κ1) is 33.9. The highest BCUT2D eigenvalue weighted by Crippen LogP contribution is 2.49. The molecular formula is C49H45BN4. The summed E-state index contributed by atoms with van der Waals surface area (Å²) in [5.74, 6) is 0. The molecule has 0 amide bonds. The van der Waals surface area contributed by atoms with E-state index in [4.69, 9.17) is 9.97 Å². The van der Waals surface area contributed by atoms with Crippen LogP contribution in [0.25, 0.3) is 22.5 Å². The van der Waals surface area contributed by atoms with Gasteiger partial charge in [0.15, 0.2) is 0 Å². The van der Waals surface area contributed by atoms with Gasteiger partial charge in [0, 0.05) is 46.3 Å². The van der Waals surface area contributed by atoms with Crippen molar-refractivity contribution >= 4 is 57.2 Å². The fourth-order valence-electron chi connectivity index (χ4n) is 8.39. The SMILES string of the molecule is Cc1cc2c3c(c1)N(c1ccccc1-c1ccccn1)c1cc(C(C)(C)C)ccc1B3c1ccc(C(C)(C)C)cc1N2c1ccccc1-c1ccccn1. The van der Waals surface area contributed by atoms with Gasteiger partial charge in [-0.3, -0.25) is 9.97 Å². The van der Waals surface area contributed by atoms with E-state index in [-0.39, 0.29) is 17.5 Å². The van der Waals surface area contributed by atoms with Crippen LogP contribution in [-0.4, -0.2) is 16.7 Å². The van der Waals surface area contributed by atoms with Gasteiger partial charge in [0.1, 0.15) is 0 Å². The topological polar surface area (TPSA) is 32.3 Å². The number of benzene rings is 5. The molecule has 54 heavy (non-hydrogen) atoms. The number of rotatable bonds is 4. The summed E-state index contributed by atoms with van der Waals surface area (Å²) >= 11 is 0. The summed E-state index contributed by atoms with van der Waals surface area (Å²) in [6, 6.07) is 49.0. The Kier molecular flexibility index (Phi) is 7.90. The molecule has 2 aliphatic rings. The highest BCUT2D eigenvalue weighted by Gasteiger charge is 2.44. The fraction of sp³-hybridized carbons (Fsp3) is 0.184. The van der Waals surface area contributed by atoms with Gasteiger partial charge in [-0.1, -0.05) is 114 Å². The monoisotopic (exact) mass is 700 g/mol. The average Bonchev–Trinajstić information content (AvgIpc) is 3.17. The molecule has 0 unspecified atom stereocenters. The Morgan fingerprint density at radius 2 is 0.870 bits per heavy atom. The second-order valence-corrected chi connectivity index (χ2v) is 16.8. The van der Waals surface area contributed by atoms with Gasteiger partial charge in [-0.25, -0.2) is 0 Å². The second kappa shape index (κ2) is 12.6. The van der Waals surface area contributed by atoms with Crippen molar-refractivity contribution in [3.8, 4) is 22.5 Å².